The Kier molecular flexibility index (Phi) is 5.70. The van der Waals surface area contributed by atoms with E-state index >= 15 is 0 Å². The Morgan fingerprint density at radius 2 is 1.91 bits per heavy atom. The Labute approximate surface area is 139 Å². The molecule has 1 fully saturated rings. The van der Waals surface area contributed by atoms with Gasteiger partial charge in [-0.15, -0.1) is 0 Å². The number of nitrogens with one attached hydrogen (secondary N) is 1. The predicted molar refractivity (Wildman–Crippen MR) is 87.8 cm³/mol. The minimum absolute atomic E-state index is 0.116. The highest BCUT2D eigenvalue weighted by Gasteiger charge is 2.31. The van der Waals surface area contributed by atoms with Gasteiger partial charge in [0, 0.05) is 16.6 Å². The maximum atomic E-state index is 12.7. The summed E-state index contributed by atoms with van der Waals surface area (Å²) in [5.74, 6) is 1.02. The fourth-order valence-electron chi connectivity index (χ4n) is 2.78. The molecule has 0 saturated heterocycles. The van der Waals surface area contributed by atoms with E-state index in [9.17, 15) is 8.42 Å². The average Bonchev–Trinajstić information content (AvgIpc) is 2.92. The van der Waals surface area contributed by atoms with Crippen LogP contribution in [0.3, 0.4) is 0 Å². The number of rotatable bonds is 6. The molecule has 0 aromatic heterocycles. The van der Waals surface area contributed by atoms with Crippen molar-refractivity contribution in [2.75, 3.05) is 20.8 Å². The fraction of sp³-hybridized carbons (Fsp3) is 0.571. The van der Waals surface area contributed by atoms with Gasteiger partial charge < -0.3 is 15.2 Å². The van der Waals surface area contributed by atoms with Crippen molar-refractivity contribution >= 4 is 26.0 Å². The van der Waals surface area contributed by atoms with Crippen molar-refractivity contribution in [3.8, 4) is 11.5 Å². The molecule has 0 unspecified atom stereocenters. The Bertz CT molecular complexity index is 636. The highest BCUT2D eigenvalue weighted by molar-refractivity contribution is 9.10. The summed E-state index contributed by atoms with van der Waals surface area (Å²) in [4.78, 5) is 0.132. The van der Waals surface area contributed by atoms with Gasteiger partial charge in [-0.05, 0) is 47.3 Å². The predicted octanol–water partition coefficient (Wildman–Crippen LogP) is 1.87. The van der Waals surface area contributed by atoms with Gasteiger partial charge in [0.25, 0.3) is 0 Å². The molecule has 0 amide bonds. The SMILES string of the molecule is COc1cc(Br)c(S(=O)(=O)N[C@H]2CCC[C@@H]2CN)cc1OC. The van der Waals surface area contributed by atoms with Gasteiger partial charge in [0.1, 0.15) is 4.90 Å². The summed E-state index contributed by atoms with van der Waals surface area (Å²) in [5, 5.41) is 0. The summed E-state index contributed by atoms with van der Waals surface area (Å²) in [7, 11) is -0.693. The first-order valence-electron chi connectivity index (χ1n) is 7.07. The van der Waals surface area contributed by atoms with E-state index in [1.54, 1.807) is 6.07 Å². The van der Waals surface area contributed by atoms with Crippen LogP contribution in [0.4, 0.5) is 0 Å². The second-order valence-electron chi connectivity index (χ2n) is 5.29. The van der Waals surface area contributed by atoms with Crippen molar-refractivity contribution in [2.24, 2.45) is 11.7 Å². The molecular weight excluding hydrogens is 372 g/mol. The monoisotopic (exact) mass is 392 g/mol. The standard InChI is InChI=1S/C14H21BrN2O4S/c1-20-12-6-10(15)14(7-13(12)21-2)22(18,19)17-11-5-3-4-9(11)8-16/h6-7,9,11,17H,3-5,8,16H2,1-2H3/t9-,11+/m1/s1. The molecule has 3 N–H and O–H groups in total. The van der Waals surface area contributed by atoms with Crippen molar-refractivity contribution in [1.29, 1.82) is 0 Å². The van der Waals surface area contributed by atoms with Crippen LogP contribution in [0.2, 0.25) is 0 Å². The number of benzene rings is 1. The first-order valence-corrected chi connectivity index (χ1v) is 9.34. The van der Waals surface area contributed by atoms with Crippen LogP contribution in [-0.4, -0.2) is 35.2 Å². The molecular formula is C14H21BrN2O4S. The molecule has 0 radical (unpaired) electrons. The van der Waals surface area contributed by atoms with Crippen molar-refractivity contribution < 1.29 is 17.9 Å². The van der Waals surface area contributed by atoms with E-state index in [0.717, 1.165) is 19.3 Å². The summed E-state index contributed by atoms with van der Waals surface area (Å²) in [6, 6.07) is 2.93. The van der Waals surface area contributed by atoms with Crippen LogP contribution in [0.5, 0.6) is 11.5 Å². The molecule has 124 valence electrons. The van der Waals surface area contributed by atoms with Crippen molar-refractivity contribution in [3.05, 3.63) is 16.6 Å². The number of methoxy groups -OCH3 is 2. The molecule has 22 heavy (non-hydrogen) atoms. The second-order valence-corrected chi connectivity index (χ2v) is 7.83. The Morgan fingerprint density at radius 3 is 2.50 bits per heavy atom. The number of nitrogens with two attached hydrogens (primary N) is 1. The van der Waals surface area contributed by atoms with E-state index in [0.29, 0.717) is 22.5 Å². The maximum Gasteiger partial charge on any atom is 0.242 e. The molecule has 6 nitrogen and oxygen atoms in total. The van der Waals surface area contributed by atoms with E-state index in [1.165, 1.54) is 20.3 Å². The Balaban J connectivity index is 2.33. The third-order valence-corrected chi connectivity index (χ3v) is 6.44. The lowest BCUT2D eigenvalue weighted by molar-refractivity contribution is 0.353. The fourth-order valence-corrected chi connectivity index (χ4v) is 5.15. The van der Waals surface area contributed by atoms with Crippen molar-refractivity contribution in [3.63, 3.8) is 0 Å². The second kappa shape index (κ2) is 7.16. The smallest absolute Gasteiger partial charge is 0.242 e. The third-order valence-electron chi connectivity index (χ3n) is 4.00. The van der Waals surface area contributed by atoms with Crippen LogP contribution in [0, 0.1) is 5.92 Å². The van der Waals surface area contributed by atoms with Crippen LogP contribution in [0.25, 0.3) is 0 Å². The molecule has 1 aliphatic rings. The van der Waals surface area contributed by atoms with E-state index in [4.69, 9.17) is 15.2 Å². The molecule has 1 aromatic rings. The molecule has 8 heteroatoms. The van der Waals surface area contributed by atoms with E-state index in [2.05, 4.69) is 20.7 Å². The van der Waals surface area contributed by atoms with Crippen LogP contribution < -0.4 is 19.9 Å². The van der Waals surface area contributed by atoms with E-state index in [1.807, 2.05) is 0 Å². The summed E-state index contributed by atoms with van der Waals surface area (Å²) < 4.78 is 38.9. The van der Waals surface area contributed by atoms with Crippen molar-refractivity contribution in [1.82, 2.24) is 4.72 Å². The largest absolute Gasteiger partial charge is 0.493 e. The number of sulfonamides is 1. The van der Waals surface area contributed by atoms with Gasteiger partial charge in [-0.2, -0.15) is 0 Å². The molecule has 0 spiro atoms. The first kappa shape index (κ1) is 17.5. The molecule has 2 rings (SSSR count). The Hall–Kier alpha value is -0.830. The highest BCUT2D eigenvalue weighted by Crippen LogP contribution is 2.36. The molecule has 1 aliphatic carbocycles. The normalized spacial score (nSPS) is 21.8. The van der Waals surface area contributed by atoms with Gasteiger partial charge in [0.2, 0.25) is 10.0 Å². The molecule has 0 bridgehead atoms. The van der Waals surface area contributed by atoms with Gasteiger partial charge in [0.15, 0.2) is 11.5 Å². The molecule has 0 heterocycles. The highest BCUT2D eigenvalue weighted by atomic mass is 79.9. The van der Waals surface area contributed by atoms with Crippen molar-refractivity contribution in [2.45, 2.75) is 30.2 Å². The first-order chi connectivity index (χ1) is 10.4. The zero-order valence-electron chi connectivity index (χ0n) is 12.6. The van der Waals surface area contributed by atoms with E-state index < -0.39 is 10.0 Å². The number of hydrogen-bond acceptors (Lipinski definition) is 5. The van der Waals surface area contributed by atoms with Gasteiger partial charge in [-0.1, -0.05) is 6.42 Å². The summed E-state index contributed by atoms with van der Waals surface area (Å²) >= 11 is 3.29. The summed E-state index contributed by atoms with van der Waals surface area (Å²) in [5.41, 5.74) is 5.71. The van der Waals surface area contributed by atoms with Crippen LogP contribution in [0.1, 0.15) is 19.3 Å². The molecule has 1 aromatic carbocycles. The maximum absolute atomic E-state index is 12.7. The van der Waals surface area contributed by atoms with Crippen LogP contribution in [-0.2, 0) is 10.0 Å². The quantitative estimate of drug-likeness (QED) is 0.770. The molecule has 0 aliphatic heterocycles. The van der Waals surface area contributed by atoms with Crippen LogP contribution in [0.15, 0.2) is 21.5 Å². The van der Waals surface area contributed by atoms with Gasteiger partial charge in [0.05, 0.1) is 14.2 Å². The zero-order chi connectivity index (χ0) is 16.3. The minimum Gasteiger partial charge on any atom is -0.493 e. The third kappa shape index (κ3) is 3.56. The number of ether oxygens (including phenoxy) is 2. The molecule has 2 atom stereocenters. The lowest BCUT2D eigenvalue weighted by Gasteiger charge is -2.20. The van der Waals surface area contributed by atoms with Crippen LogP contribution >= 0.6 is 15.9 Å². The summed E-state index contributed by atoms with van der Waals surface area (Å²) in [6.07, 6.45) is 2.75. The lowest BCUT2D eigenvalue weighted by Crippen LogP contribution is -2.39. The van der Waals surface area contributed by atoms with Gasteiger partial charge in [-0.3, -0.25) is 0 Å². The lowest BCUT2D eigenvalue weighted by atomic mass is 10.1. The Morgan fingerprint density at radius 1 is 1.27 bits per heavy atom. The number of hydrogen-bond donors (Lipinski definition) is 2. The van der Waals surface area contributed by atoms with Gasteiger partial charge >= 0.3 is 0 Å². The summed E-state index contributed by atoms with van der Waals surface area (Å²) in [6.45, 7) is 0.486. The number of halogens is 1. The van der Waals surface area contributed by atoms with Gasteiger partial charge in [-0.25, -0.2) is 13.1 Å². The van der Waals surface area contributed by atoms with E-state index in [-0.39, 0.29) is 16.9 Å². The minimum atomic E-state index is -3.66. The topological polar surface area (TPSA) is 90.7 Å². The zero-order valence-corrected chi connectivity index (χ0v) is 15.0. The average molecular weight is 393 g/mol. The molecule has 1 saturated carbocycles.